The molecule has 3 nitrogen and oxygen atoms in total. The molecular weight excluding hydrogens is 244 g/mol. The van der Waals surface area contributed by atoms with Crippen LogP contribution in [0.15, 0.2) is 48.1 Å². The maximum absolute atomic E-state index is 12.2. The highest BCUT2D eigenvalue weighted by molar-refractivity contribution is 7.17. The molecule has 2 aromatic heterocycles. The fourth-order valence-corrected chi connectivity index (χ4v) is 2.82. The second-order valence-corrected chi connectivity index (χ2v) is 4.82. The number of benzene rings is 1. The third kappa shape index (κ3) is 2.02. The quantitative estimate of drug-likeness (QED) is 0.674. The Kier molecular flexibility index (Phi) is 2.86. The van der Waals surface area contributed by atoms with Crippen LogP contribution in [0.5, 0.6) is 0 Å². The minimum absolute atomic E-state index is 0.0682. The van der Waals surface area contributed by atoms with Gasteiger partial charge in [0.05, 0.1) is 6.42 Å². The molecule has 2 heterocycles. The summed E-state index contributed by atoms with van der Waals surface area (Å²) in [6, 6.07) is 9.67. The largest absolute Gasteiger partial charge is 0.294 e. The van der Waals surface area contributed by atoms with Crippen molar-refractivity contribution in [3.63, 3.8) is 0 Å². The Labute approximate surface area is 108 Å². The van der Waals surface area contributed by atoms with E-state index in [0.29, 0.717) is 5.82 Å². The topological polar surface area (TPSA) is 42.9 Å². The summed E-state index contributed by atoms with van der Waals surface area (Å²) in [5, 5.41) is 2.93. The summed E-state index contributed by atoms with van der Waals surface area (Å²) in [5.41, 5.74) is 0.767. The fourth-order valence-electron chi connectivity index (χ4n) is 1.85. The lowest BCUT2D eigenvalue weighted by Gasteiger charge is -1.98. The Balaban J connectivity index is 1.93. The monoisotopic (exact) mass is 254 g/mol. The Morgan fingerprint density at radius 3 is 2.72 bits per heavy atom. The van der Waals surface area contributed by atoms with Crippen molar-refractivity contribution in [2.75, 3.05) is 0 Å². The highest BCUT2D eigenvalue weighted by atomic mass is 32.1. The second-order valence-electron chi connectivity index (χ2n) is 3.91. The van der Waals surface area contributed by atoms with Crippen LogP contribution in [-0.4, -0.2) is 15.8 Å². The van der Waals surface area contributed by atoms with Crippen molar-refractivity contribution in [3.8, 4) is 0 Å². The minimum Gasteiger partial charge on any atom is -0.294 e. The number of nitrogens with zero attached hydrogens (tertiary/aromatic N) is 2. The molecule has 0 saturated carbocycles. The van der Waals surface area contributed by atoms with E-state index in [1.165, 1.54) is 0 Å². The molecular formula is C14H10N2OS. The molecule has 0 N–H and O–H groups in total. The smallest absolute Gasteiger partial charge is 0.171 e. The van der Waals surface area contributed by atoms with Crippen LogP contribution < -0.4 is 0 Å². The Morgan fingerprint density at radius 1 is 1.11 bits per heavy atom. The highest BCUT2D eigenvalue weighted by Crippen LogP contribution is 2.26. The lowest BCUT2D eigenvalue weighted by Crippen LogP contribution is -2.05. The number of thiophene rings is 1. The summed E-state index contributed by atoms with van der Waals surface area (Å²) >= 11 is 1.59. The second kappa shape index (κ2) is 4.66. The van der Waals surface area contributed by atoms with Crippen LogP contribution >= 0.6 is 11.3 Å². The van der Waals surface area contributed by atoms with Crippen LogP contribution in [0, 0.1) is 0 Å². The number of Topliss-reactive ketones (excluding diaryl/α,β-unsaturated/α-hetero) is 1. The van der Waals surface area contributed by atoms with Crippen molar-refractivity contribution < 1.29 is 4.79 Å². The summed E-state index contributed by atoms with van der Waals surface area (Å²) in [6.45, 7) is 0. The number of carbonyl (C=O) groups is 1. The van der Waals surface area contributed by atoms with E-state index in [1.54, 1.807) is 29.8 Å². The van der Waals surface area contributed by atoms with Gasteiger partial charge in [-0.2, -0.15) is 0 Å². The van der Waals surface area contributed by atoms with Gasteiger partial charge in [0, 0.05) is 33.4 Å². The first-order valence-corrected chi connectivity index (χ1v) is 6.48. The minimum atomic E-state index is 0.0682. The van der Waals surface area contributed by atoms with Gasteiger partial charge in [-0.25, -0.2) is 9.97 Å². The third-order valence-electron chi connectivity index (χ3n) is 2.72. The predicted octanol–water partition coefficient (Wildman–Crippen LogP) is 3.12. The highest BCUT2D eigenvalue weighted by Gasteiger charge is 2.13. The van der Waals surface area contributed by atoms with E-state index in [4.69, 9.17) is 0 Å². The predicted molar refractivity (Wildman–Crippen MR) is 71.9 cm³/mol. The number of rotatable bonds is 3. The zero-order valence-corrected chi connectivity index (χ0v) is 10.4. The van der Waals surface area contributed by atoms with E-state index >= 15 is 0 Å². The molecule has 0 atom stereocenters. The van der Waals surface area contributed by atoms with Crippen molar-refractivity contribution in [1.29, 1.82) is 0 Å². The van der Waals surface area contributed by atoms with Crippen LogP contribution in [-0.2, 0) is 6.42 Å². The molecule has 3 rings (SSSR count). The van der Waals surface area contributed by atoms with Gasteiger partial charge in [-0.1, -0.05) is 18.2 Å². The third-order valence-corrected chi connectivity index (χ3v) is 3.68. The van der Waals surface area contributed by atoms with E-state index in [0.717, 1.165) is 15.6 Å². The average Bonchev–Trinajstić information content (AvgIpc) is 2.84. The maximum atomic E-state index is 12.2. The van der Waals surface area contributed by atoms with Crippen LogP contribution in [0.25, 0.3) is 10.1 Å². The molecule has 4 heteroatoms. The standard InChI is InChI=1S/C14H10N2OS/c17-12(8-14-15-6-3-7-16-14)11-9-18-13-5-2-1-4-10(11)13/h1-7,9H,8H2. The molecule has 18 heavy (non-hydrogen) atoms. The summed E-state index contributed by atoms with van der Waals surface area (Å²) in [4.78, 5) is 20.4. The molecule has 0 fully saturated rings. The van der Waals surface area contributed by atoms with Gasteiger partial charge >= 0.3 is 0 Å². The van der Waals surface area contributed by atoms with Crippen LogP contribution in [0.3, 0.4) is 0 Å². The molecule has 0 spiro atoms. The van der Waals surface area contributed by atoms with Gasteiger partial charge in [0.2, 0.25) is 0 Å². The first kappa shape index (κ1) is 11.0. The van der Waals surface area contributed by atoms with Gasteiger partial charge in [0.25, 0.3) is 0 Å². The molecule has 0 amide bonds. The van der Waals surface area contributed by atoms with Crippen molar-refractivity contribution in [3.05, 3.63) is 59.5 Å². The van der Waals surface area contributed by atoms with Gasteiger partial charge in [-0.3, -0.25) is 4.79 Å². The summed E-state index contributed by atoms with van der Waals surface area (Å²) < 4.78 is 1.13. The van der Waals surface area contributed by atoms with Crippen molar-refractivity contribution in [1.82, 2.24) is 9.97 Å². The fraction of sp³-hybridized carbons (Fsp3) is 0.0714. The van der Waals surface area contributed by atoms with Crippen LogP contribution in [0.4, 0.5) is 0 Å². The van der Waals surface area contributed by atoms with Crippen molar-refractivity contribution >= 4 is 27.2 Å². The van der Waals surface area contributed by atoms with Gasteiger partial charge in [0.1, 0.15) is 5.82 Å². The van der Waals surface area contributed by atoms with Gasteiger partial charge in [0.15, 0.2) is 5.78 Å². The van der Waals surface area contributed by atoms with Crippen molar-refractivity contribution in [2.24, 2.45) is 0 Å². The van der Waals surface area contributed by atoms with Gasteiger partial charge in [-0.05, 0) is 12.1 Å². The first-order chi connectivity index (χ1) is 8.84. The van der Waals surface area contributed by atoms with E-state index < -0.39 is 0 Å². The van der Waals surface area contributed by atoms with Gasteiger partial charge < -0.3 is 0 Å². The Bertz CT molecular complexity index is 691. The molecule has 0 radical (unpaired) electrons. The normalized spacial score (nSPS) is 10.7. The molecule has 88 valence electrons. The molecule has 0 aliphatic rings. The average molecular weight is 254 g/mol. The summed E-state index contributed by atoms with van der Waals surface area (Å²) in [7, 11) is 0. The number of hydrogen-bond acceptors (Lipinski definition) is 4. The molecule has 1 aromatic carbocycles. The van der Waals surface area contributed by atoms with Crippen LogP contribution in [0.2, 0.25) is 0 Å². The summed E-state index contributed by atoms with van der Waals surface area (Å²) in [5.74, 6) is 0.636. The molecule has 0 unspecified atom stereocenters. The molecule has 0 aliphatic carbocycles. The number of fused-ring (bicyclic) bond motifs is 1. The molecule has 0 aliphatic heterocycles. The van der Waals surface area contributed by atoms with E-state index in [1.807, 2.05) is 29.6 Å². The Morgan fingerprint density at radius 2 is 1.89 bits per heavy atom. The van der Waals surface area contributed by atoms with E-state index in [-0.39, 0.29) is 12.2 Å². The lowest BCUT2D eigenvalue weighted by atomic mass is 10.1. The number of aromatic nitrogens is 2. The lowest BCUT2D eigenvalue weighted by molar-refractivity contribution is 0.0992. The zero-order valence-electron chi connectivity index (χ0n) is 9.54. The maximum Gasteiger partial charge on any atom is 0.171 e. The summed E-state index contributed by atoms with van der Waals surface area (Å²) in [6.07, 6.45) is 3.56. The number of hydrogen-bond donors (Lipinski definition) is 0. The van der Waals surface area contributed by atoms with Crippen LogP contribution in [0.1, 0.15) is 16.2 Å². The molecule has 0 saturated heterocycles. The molecule has 3 aromatic rings. The Hall–Kier alpha value is -2.07. The van der Waals surface area contributed by atoms with Crippen molar-refractivity contribution in [2.45, 2.75) is 6.42 Å². The van der Waals surface area contributed by atoms with Gasteiger partial charge in [-0.15, -0.1) is 11.3 Å². The molecule has 0 bridgehead atoms. The van der Waals surface area contributed by atoms with E-state index in [2.05, 4.69) is 9.97 Å². The van der Waals surface area contributed by atoms with E-state index in [9.17, 15) is 4.79 Å². The zero-order chi connectivity index (χ0) is 12.4. The number of ketones is 1. The first-order valence-electron chi connectivity index (χ1n) is 5.60. The SMILES string of the molecule is O=C(Cc1ncccn1)c1csc2ccccc12. The number of carbonyl (C=O) groups excluding carboxylic acids is 1.